The van der Waals surface area contributed by atoms with Crippen LogP contribution in [0.25, 0.3) is 16.8 Å². The van der Waals surface area contributed by atoms with Crippen LogP contribution in [0.4, 0.5) is 0 Å². The minimum Gasteiger partial charge on any atom is -0.493 e. The quantitative estimate of drug-likeness (QED) is 0.442. The van der Waals surface area contributed by atoms with Crippen molar-refractivity contribution in [2.45, 2.75) is 83.2 Å². The van der Waals surface area contributed by atoms with Gasteiger partial charge < -0.3 is 4.74 Å². The zero-order chi connectivity index (χ0) is 22.6. The zero-order valence-corrected chi connectivity index (χ0v) is 20.4. The molecule has 0 radical (unpaired) electrons. The number of thioether (sulfide) groups is 1. The second-order valence-corrected chi connectivity index (χ2v) is 10.4. The molecule has 3 aliphatic rings. The lowest BCUT2D eigenvalue weighted by molar-refractivity contribution is -0.124. The summed E-state index contributed by atoms with van der Waals surface area (Å²) in [6.07, 6.45) is 14.0. The third-order valence-electron chi connectivity index (χ3n) is 7.15. The monoisotopic (exact) mass is 462 g/mol. The summed E-state index contributed by atoms with van der Waals surface area (Å²) in [5.74, 6) is 0.954. The highest BCUT2D eigenvalue weighted by atomic mass is 32.2. The summed E-state index contributed by atoms with van der Waals surface area (Å²) in [6.45, 7) is 2.60. The Morgan fingerprint density at radius 1 is 1.00 bits per heavy atom. The number of nitrogens with zero attached hydrogens (tertiary/aromatic N) is 2. The fourth-order valence-electron chi connectivity index (χ4n) is 5.44. The van der Waals surface area contributed by atoms with Gasteiger partial charge in [0.2, 0.25) is 0 Å². The van der Waals surface area contributed by atoms with E-state index in [9.17, 15) is 4.79 Å². The van der Waals surface area contributed by atoms with Gasteiger partial charge in [-0.25, -0.2) is 0 Å². The summed E-state index contributed by atoms with van der Waals surface area (Å²) in [6, 6.07) is 13.1. The molecule has 0 bridgehead atoms. The number of ether oxygens (including phenoxy) is 1. The summed E-state index contributed by atoms with van der Waals surface area (Å²) in [4.78, 5) is 21.8. The molecule has 1 aliphatic heterocycles. The van der Waals surface area contributed by atoms with E-state index >= 15 is 0 Å². The number of benzene rings is 2. The van der Waals surface area contributed by atoms with E-state index < -0.39 is 0 Å². The SMILES string of the molecule is CCOc1ccc2ccccc2c1/C=C1\SC(=NC2CCCCC2)N(C2CCCCC2)C1=O. The second kappa shape index (κ2) is 10.3. The van der Waals surface area contributed by atoms with Crippen LogP contribution in [-0.4, -0.2) is 34.7 Å². The molecule has 1 heterocycles. The molecule has 0 spiro atoms. The van der Waals surface area contributed by atoms with Crippen LogP contribution in [0.3, 0.4) is 0 Å². The molecule has 4 nitrogen and oxygen atoms in total. The summed E-state index contributed by atoms with van der Waals surface area (Å²) < 4.78 is 5.97. The molecule has 5 rings (SSSR count). The van der Waals surface area contributed by atoms with E-state index in [1.54, 1.807) is 11.8 Å². The molecule has 2 saturated carbocycles. The number of fused-ring (bicyclic) bond motifs is 1. The van der Waals surface area contributed by atoms with Gasteiger partial charge in [-0.3, -0.25) is 14.7 Å². The Kier molecular flexibility index (Phi) is 7.05. The van der Waals surface area contributed by atoms with Crippen LogP contribution in [0.2, 0.25) is 0 Å². The Labute approximate surface area is 201 Å². The van der Waals surface area contributed by atoms with Crippen LogP contribution in [0, 0.1) is 0 Å². The molecule has 0 unspecified atom stereocenters. The number of amidine groups is 1. The lowest BCUT2D eigenvalue weighted by atomic mass is 9.94. The summed E-state index contributed by atoms with van der Waals surface area (Å²) in [7, 11) is 0. The molecule has 1 saturated heterocycles. The first kappa shape index (κ1) is 22.5. The smallest absolute Gasteiger partial charge is 0.267 e. The summed E-state index contributed by atoms with van der Waals surface area (Å²) in [5.41, 5.74) is 0.994. The van der Waals surface area contributed by atoms with Crippen molar-refractivity contribution in [1.29, 1.82) is 0 Å². The summed E-state index contributed by atoms with van der Waals surface area (Å²) in [5, 5.41) is 3.21. The first-order valence-electron chi connectivity index (χ1n) is 12.7. The number of rotatable bonds is 5. The largest absolute Gasteiger partial charge is 0.493 e. The third-order valence-corrected chi connectivity index (χ3v) is 8.15. The van der Waals surface area contributed by atoms with E-state index in [1.807, 2.05) is 19.1 Å². The Morgan fingerprint density at radius 2 is 1.73 bits per heavy atom. The van der Waals surface area contributed by atoms with Gasteiger partial charge in [0.15, 0.2) is 5.17 Å². The molecule has 0 aromatic heterocycles. The molecule has 33 heavy (non-hydrogen) atoms. The zero-order valence-electron chi connectivity index (χ0n) is 19.6. The van der Waals surface area contributed by atoms with Crippen LogP contribution < -0.4 is 4.74 Å². The van der Waals surface area contributed by atoms with Gasteiger partial charge in [-0.2, -0.15) is 0 Å². The van der Waals surface area contributed by atoms with Gasteiger partial charge in [0.25, 0.3) is 5.91 Å². The maximum atomic E-state index is 13.8. The van der Waals surface area contributed by atoms with E-state index in [4.69, 9.17) is 9.73 Å². The van der Waals surface area contributed by atoms with Crippen molar-refractivity contribution >= 4 is 39.7 Å². The van der Waals surface area contributed by atoms with Gasteiger partial charge in [0.05, 0.1) is 17.6 Å². The van der Waals surface area contributed by atoms with E-state index in [1.165, 1.54) is 38.5 Å². The Bertz CT molecular complexity index is 1060. The molecule has 3 fully saturated rings. The van der Waals surface area contributed by atoms with E-state index in [0.29, 0.717) is 12.6 Å². The number of hydrogen-bond donors (Lipinski definition) is 0. The summed E-state index contributed by atoms with van der Waals surface area (Å²) >= 11 is 1.58. The molecule has 2 aromatic carbocycles. The molecule has 5 heteroatoms. The Balaban J connectivity index is 1.55. The molecular formula is C28H34N2O2S. The van der Waals surface area contributed by atoms with Gasteiger partial charge in [0, 0.05) is 11.6 Å². The second-order valence-electron chi connectivity index (χ2n) is 9.41. The highest BCUT2D eigenvalue weighted by Crippen LogP contribution is 2.40. The van der Waals surface area contributed by atoms with Crippen LogP contribution in [-0.2, 0) is 4.79 Å². The maximum absolute atomic E-state index is 13.8. The average Bonchev–Trinajstić information content (AvgIpc) is 3.16. The average molecular weight is 463 g/mol. The van der Waals surface area contributed by atoms with Crippen LogP contribution in [0.15, 0.2) is 46.3 Å². The van der Waals surface area contributed by atoms with Crippen LogP contribution in [0.1, 0.15) is 76.7 Å². The van der Waals surface area contributed by atoms with Crippen molar-refractivity contribution in [1.82, 2.24) is 4.90 Å². The van der Waals surface area contributed by atoms with Crippen molar-refractivity contribution in [3.8, 4) is 5.75 Å². The molecule has 1 amide bonds. The predicted octanol–water partition coefficient (Wildman–Crippen LogP) is 7.18. The minimum atomic E-state index is 0.122. The standard InChI is InChI=1S/C28H34N2O2S/c1-2-32-25-18-17-20-11-9-10-16-23(20)24(25)19-26-27(31)30(22-14-7-4-8-15-22)28(33-26)29-21-12-5-3-6-13-21/h9-11,16-19,21-22H,2-8,12-15H2,1H3/b26-19-,29-28?. The van der Waals surface area contributed by atoms with Crippen molar-refractivity contribution in [3.05, 3.63) is 46.9 Å². The van der Waals surface area contributed by atoms with Crippen molar-refractivity contribution < 1.29 is 9.53 Å². The first-order chi connectivity index (χ1) is 16.2. The highest BCUT2D eigenvalue weighted by molar-refractivity contribution is 8.18. The molecule has 2 aliphatic carbocycles. The highest BCUT2D eigenvalue weighted by Gasteiger charge is 2.39. The molecule has 174 valence electrons. The number of carbonyl (C=O) groups excluding carboxylic acids is 1. The molecule has 0 atom stereocenters. The lowest BCUT2D eigenvalue weighted by Crippen LogP contribution is -2.41. The number of carbonyl (C=O) groups is 1. The van der Waals surface area contributed by atoms with Gasteiger partial charge in [-0.05, 0) is 67.3 Å². The topological polar surface area (TPSA) is 41.9 Å². The van der Waals surface area contributed by atoms with Gasteiger partial charge in [-0.1, -0.05) is 68.9 Å². The fourth-order valence-corrected chi connectivity index (χ4v) is 6.53. The van der Waals surface area contributed by atoms with E-state index in [-0.39, 0.29) is 11.9 Å². The van der Waals surface area contributed by atoms with Crippen molar-refractivity contribution in [2.24, 2.45) is 4.99 Å². The molecule has 2 aromatic rings. The maximum Gasteiger partial charge on any atom is 0.267 e. The Morgan fingerprint density at radius 3 is 2.48 bits per heavy atom. The fraction of sp³-hybridized carbons (Fsp3) is 0.500. The third kappa shape index (κ3) is 4.84. The van der Waals surface area contributed by atoms with Gasteiger partial charge in [0.1, 0.15) is 5.75 Å². The predicted molar refractivity (Wildman–Crippen MR) is 139 cm³/mol. The normalized spacial score (nSPS) is 23.2. The van der Waals surface area contributed by atoms with Crippen LogP contribution in [0.5, 0.6) is 5.75 Å². The number of amides is 1. The molecule has 0 N–H and O–H groups in total. The molecular weight excluding hydrogens is 428 g/mol. The number of aliphatic imine (C=N–C) groups is 1. The number of hydrogen-bond acceptors (Lipinski definition) is 4. The van der Waals surface area contributed by atoms with Crippen molar-refractivity contribution in [2.75, 3.05) is 6.61 Å². The Hall–Kier alpha value is -2.27. The van der Waals surface area contributed by atoms with Gasteiger partial charge in [-0.15, -0.1) is 0 Å². The first-order valence-corrected chi connectivity index (χ1v) is 13.5. The lowest BCUT2D eigenvalue weighted by Gasteiger charge is -2.31. The van der Waals surface area contributed by atoms with Crippen molar-refractivity contribution in [3.63, 3.8) is 0 Å². The van der Waals surface area contributed by atoms with Crippen LogP contribution >= 0.6 is 11.8 Å². The van der Waals surface area contributed by atoms with E-state index in [0.717, 1.165) is 57.8 Å². The van der Waals surface area contributed by atoms with E-state index in [2.05, 4.69) is 35.2 Å². The minimum absolute atomic E-state index is 0.122. The van der Waals surface area contributed by atoms with Gasteiger partial charge >= 0.3 is 0 Å².